The Hall–Kier alpha value is -2.41. The maximum absolute atomic E-state index is 12.5. The highest BCUT2D eigenvalue weighted by atomic mass is 32.2. The van der Waals surface area contributed by atoms with Gasteiger partial charge in [-0.25, -0.2) is 13.2 Å². The van der Waals surface area contributed by atoms with Crippen molar-refractivity contribution >= 4 is 21.6 Å². The van der Waals surface area contributed by atoms with Crippen LogP contribution in [0.5, 0.6) is 0 Å². The van der Waals surface area contributed by atoms with Crippen LogP contribution in [0.4, 0.5) is 0 Å². The van der Waals surface area contributed by atoms with Gasteiger partial charge in [0.2, 0.25) is 5.78 Å². The predicted molar refractivity (Wildman–Crippen MR) is 97.3 cm³/mol. The van der Waals surface area contributed by atoms with E-state index in [2.05, 4.69) is 0 Å². The van der Waals surface area contributed by atoms with Crippen molar-refractivity contribution in [2.45, 2.75) is 26.3 Å². The molecule has 6 nitrogen and oxygen atoms in total. The minimum Gasteiger partial charge on any atom is -0.454 e. The van der Waals surface area contributed by atoms with Gasteiger partial charge in [-0.2, -0.15) is 0 Å². The van der Waals surface area contributed by atoms with E-state index in [1.165, 1.54) is 0 Å². The number of rotatable bonds is 5. The second-order valence-electron chi connectivity index (χ2n) is 6.58. The molecule has 0 radical (unpaired) electrons. The van der Waals surface area contributed by atoms with E-state index in [1.54, 1.807) is 43.3 Å². The van der Waals surface area contributed by atoms with Crippen LogP contribution in [0.25, 0.3) is 0 Å². The number of aromatic nitrogens is 1. The van der Waals surface area contributed by atoms with E-state index in [0.717, 1.165) is 5.69 Å². The fraction of sp³-hybridized carbons (Fsp3) is 0.368. The third-order valence-electron chi connectivity index (χ3n) is 4.70. The van der Waals surface area contributed by atoms with Gasteiger partial charge in [0.1, 0.15) is 0 Å². The summed E-state index contributed by atoms with van der Waals surface area (Å²) in [6.45, 7) is 3.30. The zero-order chi connectivity index (χ0) is 18.9. The molecule has 7 heteroatoms. The Morgan fingerprint density at radius 3 is 2.50 bits per heavy atom. The molecule has 2 heterocycles. The zero-order valence-electron chi connectivity index (χ0n) is 14.8. The first-order valence-corrected chi connectivity index (χ1v) is 10.2. The highest BCUT2D eigenvalue weighted by Crippen LogP contribution is 2.29. The normalized spacial score (nSPS) is 18.6. The molecule has 0 unspecified atom stereocenters. The lowest BCUT2D eigenvalue weighted by Gasteiger charge is -2.16. The highest BCUT2D eigenvalue weighted by molar-refractivity contribution is 7.91. The predicted octanol–water partition coefficient (Wildman–Crippen LogP) is 2.50. The molecule has 0 bridgehead atoms. The fourth-order valence-corrected chi connectivity index (χ4v) is 5.17. The molecule has 0 amide bonds. The SMILES string of the molecule is Cc1cc(C(=O)COC(=O)c2ccccc2)c(C)n1[C@@H]1CCS(=O)(=O)C1. The number of aryl methyl sites for hydroxylation is 1. The first kappa shape index (κ1) is 18.4. The van der Waals surface area contributed by atoms with Gasteiger partial charge in [-0.05, 0) is 38.5 Å². The molecular formula is C19H21NO5S. The Morgan fingerprint density at radius 1 is 1.19 bits per heavy atom. The number of esters is 1. The number of ketones is 1. The van der Waals surface area contributed by atoms with Crippen molar-refractivity contribution in [3.8, 4) is 0 Å². The molecule has 1 aromatic carbocycles. The van der Waals surface area contributed by atoms with E-state index < -0.39 is 15.8 Å². The number of hydrogen-bond donors (Lipinski definition) is 0. The molecule has 138 valence electrons. The van der Waals surface area contributed by atoms with Crippen molar-refractivity contribution in [3.05, 3.63) is 58.9 Å². The molecule has 26 heavy (non-hydrogen) atoms. The summed E-state index contributed by atoms with van der Waals surface area (Å²) in [5.74, 6) is -0.573. The Bertz CT molecular complexity index is 944. The third-order valence-corrected chi connectivity index (χ3v) is 6.45. The van der Waals surface area contributed by atoms with Crippen LogP contribution in [0, 0.1) is 13.8 Å². The van der Waals surface area contributed by atoms with Crippen LogP contribution in [-0.4, -0.2) is 42.9 Å². The summed E-state index contributed by atoms with van der Waals surface area (Å²) >= 11 is 0. The topological polar surface area (TPSA) is 82.4 Å². The van der Waals surface area contributed by atoms with Gasteiger partial charge in [0.25, 0.3) is 0 Å². The van der Waals surface area contributed by atoms with Gasteiger partial charge in [0.05, 0.1) is 17.1 Å². The lowest BCUT2D eigenvalue weighted by atomic mass is 10.1. The molecule has 3 rings (SSSR count). The van der Waals surface area contributed by atoms with Crippen LogP contribution in [0.15, 0.2) is 36.4 Å². The van der Waals surface area contributed by atoms with Gasteiger partial charge >= 0.3 is 5.97 Å². The molecule has 1 atom stereocenters. The molecule has 2 aromatic rings. The van der Waals surface area contributed by atoms with Crippen molar-refractivity contribution in [1.82, 2.24) is 4.57 Å². The molecule has 1 aliphatic heterocycles. The van der Waals surface area contributed by atoms with Crippen molar-refractivity contribution in [3.63, 3.8) is 0 Å². The molecule has 0 saturated carbocycles. The van der Waals surface area contributed by atoms with Gasteiger partial charge in [-0.3, -0.25) is 4.79 Å². The summed E-state index contributed by atoms with van der Waals surface area (Å²) in [7, 11) is -3.02. The standard InChI is InChI=1S/C19H21NO5S/c1-13-10-17(14(2)20(13)16-8-9-26(23,24)12-16)18(21)11-25-19(22)15-6-4-3-5-7-15/h3-7,10,16H,8-9,11-12H2,1-2H3/t16-/m1/s1. The molecule has 0 aliphatic carbocycles. The van der Waals surface area contributed by atoms with Gasteiger partial charge in [-0.1, -0.05) is 18.2 Å². The van der Waals surface area contributed by atoms with Crippen LogP contribution in [0.3, 0.4) is 0 Å². The van der Waals surface area contributed by atoms with Gasteiger partial charge in [0.15, 0.2) is 16.4 Å². The number of carbonyl (C=O) groups is 2. The monoisotopic (exact) mass is 375 g/mol. The molecular weight excluding hydrogens is 354 g/mol. The van der Waals surface area contributed by atoms with Crippen LogP contribution in [0.1, 0.15) is 44.6 Å². The number of sulfone groups is 1. The van der Waals surface area contributed by atoms with Gasteiger partial charge < -0.3 is 9.30 Å². The first-order chi connectivity index (χ1) is 12.3. The lowest BCUT2D eigenvalue weighted by molar-refractivity contribution is 0.0474. The lowest BCUT2D eigenvalue weighted by Crippen LogP contribution is -2.17. The van der Waals surface area contributed by atoms with Crippen LogP contribution < -0.4 is 0 Å². The molecule has 1 saturated heterocycles. The second-order valence-corrected chi connectivity index (χ2v) is 8.81. The van der Waals surface area contributed by atoms with Crippen molar-refractivity contribution in [2.75, 3.05) is 18.1 Å². The number of benzene rings is 1. The quantitative estimate of drug-likeness (QED) is 0.592. The number of Topliss-reactive ketones (excluding diaryl/α,β-unsaturated/α-hetero) is 1. The van der Waals surface area contributed by atoms with Crippen molar-refractivity contribution in [1.29, 1.82) is 0 Å². The van der Waals surface area contributed by atoms with E-state index in [4.69, 9.17) is 4.74 Å². The van der Waals surface area contributed by atoms with E-state index >= 15 is 0 Å². The third kappa shape index (κ3) is 3.72. The summed E-state index contributed by atoms with van der Waals surface area (Å²) in [4.78, 5) is 24.5. The number of hydrogen-bond acceptors (Lipinski definition) is 5. The van der Waals surface area contributed by atoms with Crippen molar-refractivity contribution < 1.29 is 22.7 Å². The smallest absolute Gasteiger partial charge is 0.338 e. The highest BCUT2D eigenvalue weighted by Gasteiger charge is 2.31. The zero-order valence-corrected chi connectivity index (χ0v) is 15.6. The number of carbonyl (C=O) groups excluding carboxylic acids is 2. The summed E-state index contributed by atoms with van der Waals surface area (Å²) in [5, 5.41) is 0. The minimum absolute atomic E-state index is 0.0972. The van der Waals surface area contributed by atoms with E-state index in [9.17, 15) is 18.0 Å². The maximum atomic E-state index is 12.5. The average molecular weight is 375 g/mol. The Balaban J connectivity index is 1.72. The van der Waals surface area contributed by atoms with E-state index in [0.29, 0.717) is 23.2 Å². The van der Waals surface area contributed by atoms with Gasteiger partial charge in [-0.15, -0.1) is 0 Å². The first-order valence-electron chi connectivity index (χ1n) is 8.43. The molecule has 1 aliphatic rings. The van der Waals surface area contributed by atoms with E-state index in [-0.39, 0.29) is 29.9 Å². The Morgan fingerprint density at radius 2 is 1.88 bits per heavy atom. The minimum atomic E-state index is -3.02. The maximum Gasteiger partial charge on any atom is 0.338 e. The molecule has 1 aromatic heterocycles. The molecule has 0 spiro atoms. The van der Waals surface area contributed by atoms with E-state index in [1.807, 2.05) is 11.5 Å². The summed E-state index contributed by atoms with van der Waals surface area (Å²) < 4.78 is 30.5. The number of ether oxygens (including phenoxy) is 1. The summed E-state index contributed by atoms with van der Waals surface area (Å²) in [5.41, 5.74) is 2.40. The van der Waals surface area contributed by atoms with Crippen molar-refractivity contribution in [2.24, 2.45) is 0 Å². The Kier molecular flexibility index (Phi) is 5.00. The van der Waals surface area contributed by atoms with Crippen LogP contribution in [-0.2, 0) is 14.6 Å². The average Bonchev–Trinajstić information content (AvgIpc) is 3.11. The van der Waals surface area contributed by atoms with Gasteiger partial charge in [0, 0.05) is 23.0 Å². The second kappa shape index (κ2) is 7.07. The largest absolute Gasteiger partial charge is 0.454 e. The Labute approximate surface area is 152 Å². The fourth-order valence-electron chi connectivity index (χ4n) is 3.47. The molecule has 0 N–H and O–H groups in total. The summed E-state index contributed by atoms with van der Waals surface area (Å²) in [6, 6.07) is 10.1. The molecule has 1 fully saturated rings. The summed E-state index contributed by atoms with van der Waals surface area (Å²) in [6.07, 6.45) is 0.551. The van der Waals surface area contributed by atoms with Crippen LogP contribution >= 0.6 is 0 Å². The number of nitrogens with zero attached hydrogens (tertiary/aromatic N) is 1. The van der Waals surface area contributed by atoms with Crippen LogP contribution in [0.2, 0.25) is 0 Å².